The molecular weight excluding hydrogens is 332 g/mol. The Morgan fingerprint density at radius 3 is 2.58 bits per heavy atom. The molecule has 3 rings (SSSR count). The number of nitrogens with zero attached hydrogens (tertiary/aromatic N) is 1. The highest BCUT2D eigenvalue weighted by Crippen LogP contribution is 2.28. The van der Waals surface area contributed by atoms with Crippen molar-refractivity contribution < 1.29 is 19.1 Å². The Morgan fingerprint density at radius 2 is 1.85 bits per heavy atom. The summed E-state index contributed by atoms with van der Waals surface area (Å²) >= 11 is 0. The van der Waals surface area contributed by atoms with E-state index in [9.17, 15) is 14.4 Å². The number of esters is 1. The number of amides is 2. The maximum Gasteiger partial charge on any atom is 0.308 e. The molecule has 1 N–H and O–H groups in total. The molecular formula is C20H26N2O4. The molecule has 1 unspecified atom stereocenters. The summed E-state index contributed by atoms with van der Waals surface area (Å²) in [6, 6.07) is 8.63. The molecule has 0 radical (unpaired) electrons. The fraction of sp³-hybridized carbons (Fsp3) is 0.550. The number of ether oxygens (including phenoxy) is 1. The first-order valence-electron chi connectivity index (χ1n) is 9.40. The van der Waals surface area contributed by atoms with E-state index in [0.29, 0.717) is 25.4 Å². The predicted octanol–water partition coefficient (Wildman–Crippen LogP) is 2.03. The van der Waals surface area contributed by atoms with E-state index in [1.54, 1.807) is 4.90 Å². The molecule has 1 aromatic carbocycles. The van der Waals surface area contributed by atoms with Gasteiger partial charge < -0.3 is 15.0 Å². The van der Waals surface area contributed by atoms with Crippen molar-refractivity contribution in [2.45, 2.75) is 51.2 Å². The van der Waals surface area contributed by atoms with Gasteiger partial charge in [0.15, 0.2) is 0 Å². The second-order valence-electron chi connectivity index (χ2n) is 7.10. The second-order valence-corrected chi connectivity index (χ2v) is 7.10. The summed E-state index contributed by atoms with van der Waals surface area (Å²) in [6.07, 6.45) is 4.88. The minimum absolute atomic E-state index is 0.0207. The van der Waals surface area contributed by atoms with Gasteiger partial charge in [-0.1, -0.05) is 43.2 Å². The fourth-order valence-electron chi connectivity index (χ4n) is 3.75. The average Bonchev–Trinajstić information content (AvgIpc) is 3.15. The van der Waals surface area contributed by atoms with E-state index >= 15 is 0 Å². The predicted molar refractivity (Wildman–Crippen MR) is 95.9 cm³/mol. The Hall–Kier alpha value is -2.37. The molecule has 26 heavy (non-hydrogen) atoms. The van der Waals surface area contributed by atoms with Crippen molar-refractivity contribution in [2.24, 2.45) is 5.92 Å². The third-order valence-corrected chi connectivity index (χ3v) is 5.19. The van der Waals surface area contributed by atoms with Gasteiger partial charge in [-0.25, -0.2) is 0 Å². The van der Waals surface area contributed by atoms with Gasteiger partial charge in [-0.15, -0.1) is 0 Å². The van der Waals surface area contributed by atoms with Gasteiger partial charge in [0.1, 0.15) is 12.6 Å². The SMILES string of the molecule is O=C(CC1C(=O)NCCN1C(=O)CC1CCCC1)OCc1ccccc1. The van der Waals surface area contributed by atoms with E-state index in [2.05, 4.69) is 5.32 Å². The third kappa shape index (κ3) is 4.84. The topological polar surface area (TPSA) is 75.7 Å². The lowest BCUT2D eigenvalue weighted by molar-refractivity contribution is -0.153. The van der Waals surface area contributed by atoms with Crippen LogP contribution >= 0.6 is 0 Å². The molecule has 6 nitrogen and oxygen atoms in total. The maximum atomic E-state index is 12.7. The first-order valence-corrected chi connectivity index (χ1v) is 9.40. The first kappa shape index (κ1) is 18.4. The van der Waals surface area contributed by atoms with Crippen LogP contribution < -0.4 is 5.32 Å². The minimum Gasteiger partial charge on any atom is -0.461 e. The normalized spacial score (nSPS) is 20.7. The molecule has 1 aliphatic carbocycles. The summed E-state index contributed by atoms with van der Waals surface area (Å²) in [6.45, 7) is 1.06. The molecule has 0 bridgehead atoms. The number of nitrogens with one attached hydrogen (secondary N) is 1. The van der Waals surface area contributed by atoms with Crippen LogP contribution in [0.5, 0.6) is 0 Å². The quantitative estimate of drug-likeness (QED) is 0.790. The van der Waals surface area contributed by atoms with Crippen molar-refractivity contribution in [2.75, 3.05) is 13.1 Å². The summed E-state index contributed by atoms with van der Waals surface area (Å²) in [7, 11) is 0. The van der Waals surface area contributed by atoms with E-state index in [-0.39, 0.29) is 24.8 Å². The molecule has 1 heterocycles. The summed E-state index contributed by atoms with van der Waals surface area (Å²) in [5, 5.41) is 2.75. The monoisotopic (exact) mass is 358 g/mol. The Balaban J connectivity index is 1.56. The number of rotatable bonds is 6. The Bertz CT molecular complexity index is 640. The summed E-state index contributed by atoms with van der Waals surface area (Å²) < 4.78 is 5.28. The number of hydrogen-bond acceptors (Lipinski definition) is 4. The van der Waals surface area contributed by atoms with Crippen LogP contribution in [0.25, 0.3) is 0 Å². The zero-order valence-electron chi connectivity index (χ0n) is 15.0. The van der Waals surface area contributed by atoms with E-state index in [1.807, 2.05) is 30.3 Å². The highest BCUT2D eigenvalue weighted by Gasteiger charge is 2.36. The maximum absolute atomic E-state index is 12.7. The standard InChI is InChI=1S/C20H26N2O4/c23-18(12-15-6-4-5-7-15)22-11-10-21-20(25)17(22)13-19(24)26-14-16-8-2-1-3-9-16/h1-3,8-9,15,17H,4-7,10-14H2,(H,21,25). The van der Waals surface area contributed by atoms with Crippen molar-refractivity contribution in [1.82, 2.24) is 10.2 Å². The Morgan fingerprint density at radius 1 is 1.12 bits per heavy atom. The van der Waals surface area contributed by atoms with Crippen LogP contribution in [0, 0.1) is 5.92 Å². The van der Waals surface area contributed by atoms with Gasteiger partial charge in [-0.05, 0) is 24.3 Å². The van der Waals surface area contributed by atoms with Crippen molar-refractivity contribution >= 4 is 17.8 Å². The third-order valence-electron chi connectivity index (χ3n) is 5.19. The average molecular weight is 358 g/mol. The van der Waals surface area contributed by atoms with Gasteiger partial charge in [0.05, 0.1) is 6.42 Å². The van der Waals surface area contributed by atoms with E-state index < -0.39 is 12.0 Å². The van der Waals surface area contributed by atoms with Gasteiger partial charge in [0, 0.05) is 19.5 Å². The van der Waals surface area contributed by atoms with Gasteiger partial charge in [-0.3, -0.25) is 14.4 Å². The zero-order chi connectivity index (χ0) is 18.4. The van der Waals surface area contributed by atoms with Crippen LogP contribution in [0.15, 0.2) is 30.3 Å². The summed E-state index contributed by atoms with van der Waals surface area (Å²) in [4.78, 5) is 38.7. The number of piperazine rings is 1. The molecule has 1 atom stereocenters. The van der Waals surface area contributed by atoms with Crippen LogP contribution in [-0.4, -0.2) is 41.8 Å². The molecule has 0 spiro atoms. The van der Waals surface area contributed by atoms with Crippen LogP contribution in [0.2, 0.25) is 0 Å². The number of hydrogen-bond donors (Lipinski definition) is 1. The molecule has 2 amide bonds. The fourth-order valence-corrected chi connectivity index (χ4v) is 3.75. The van der Waals surface area contributed by atoms with Crippen molar-refractivity contribution in [3.05, 3.63) is 35.9 Å². The highest BCUT2D eigenvalue weighted by atomic mass is 16.5. The second kappa shape index (κ2) is 8.83. The summed E-state index contributed by atoms with van der Waals surface area (Å²) in [5.41, 5.74) is 0.892. The number of carbonyl (C=O) groups is 3. The van der Waals surface area contributed by atoms with Gasteiger partial charge in [-0.2, -0.15) is 0 Å². The van der Waals surface area contributed by atoms with Crippen molar-refractivity contribution in [3.8, 4) is 0 Å². The highest BCUT2D eigenvalue weighted by molar-refractivity contribution is 5.92. The number of benzene rings is 1. The molecule has 2 fully saturated rings. The largest absolute Gasteiger partial charge is 0.461 e. The molecule has 1 aliphatic heterocycles. The first-order chi connectivity index (χ1) is 12.6. The molecule has 1 aromatic rings. The van der Waals surface area contributed by atoms with E-state index in [0.717, 1.165) is 18.4 Å². The molecule has 140 valence electrons. The van der Waals surface area contributed by atoms with Crippen molar-refractivity contribution in [1.29, 1.82) is 0 Å². The van der Waals surface area contributed by atoms with Gasteiger partial charge in [0.25, 0.3) is 0 Å². The van der Waals surface area contributed by atoms with Crippen LogP contribution in [0.1, 0.15) is 44.1 Å². The van der Waals surface area contributed by atoms with Crippen LogP contribution in [0.4, 0.5) is 0 Å². The summed E-state index contributed by atoms with van der Waals surface area (Å²) in [5.74, 6) is -0.340. The number of carbonyl (C=O) groups excluding carboxylic acids is 3. The smallest absolute Gasteiger partial charge is 0.308 e. The lowest BCUT2D eigenvalue weighted by Gasteiger charge is -2.35. The van der Waals surface area contributed by atoms with Crippen LogP contribution in [-0.2, 0) is 25.7 Å². The Labute approximate surface area is 153 Å². The lowest BCUT2D eigenvalue weighted by Crippen LogP contribution is -2.58. The zero-order valence-corrected chi connectivity index (χ0v) is 15.0. The van der Waals surface area contributed by atoms with E-state index in [4.69, 9.17) is 4.74 Å². The molecule has 1 saturated carbocycles. The van der Waals surface area contributed by atoms with Crippen molar-refractivity contribution in [3.63, 3.8) is 0 Å². The lowest BCUT2D eigenvalue weighted by atomic mass is 10.0. The van der Waals surface area contributed by atoms with E-state index in [1.165, 1.54) is 12.8 Å². The minimum atomic E-state index is -0.763. The molecule has 6 heteroatoms. The van der Waals surface area contributed by atoms with Gasteiger partial charge in [0.2, 0.25) is 11.8 Å². The van der Waals surface area contributed by atoms with Gasteiger partial charge >= 0.3 is 5.97 Å². The van der Waals surface area contributed by atoms with Crippen LogP contribution in [0.3, 0.4) is 0 Å². The molecule has 1 saturated heterocycles. The Kier molecular flexibility index (Phi) is 6.26. The molecule has 0 aromatic heterocycles. The molecule has 2 aliphatic rings.